The van der Waals surface area contributed by atoms with Gasteiger partial charge in [-0.2, -0.15) is 0 Å². The Morgan fingerprint density at radius 3 is 2.23 bits per heavy atom. The first-order chi connectivity index (χ1) is 10.7. The van der Waals surface area contributed by atoms with Gasteiger partial charge in [0.15, 0.2) is 0 Å². The number of benzene rings is 3. The second-order valence-electron chi connectivity index (χ2n) is 4.99. The van der Waals surface area contributed by atoms with Crippen molar-refractivity contribution in [3.8, 4) is 0 Å². The maximum atomic E-state index is 12.0. The van der Waals surface area contributed by atoms with Crippen LogP contribution in [0.3, 0.4) is 0 Å². The smallest absolute Gasteiger partial charge is 0.345 e. The molecule has 3 nitrogen and oxygen atoms in total. The normalized spacial score (nSPS) is 10.4. The van der Waals surface area contributed by atoms with Gasteiger partial charge in [-0.3, -0.25) is 4.79 Å². The van der Waals surface area contributed by atoms with E-state index in [0.717, 1.165) is 16.3 Å². The topological polar surface area (TPSA) is 43.4 Å². The highest BCUT2D eigenvalue weighted by molar-refractivity contribution is 6.00. The molecule has 108 valence electrons. The molecule has 0 fully saturated rings. The molecule has 0 amide bonds. The van der Waals surface area contributed by atoms with E-state index in [9.17, 15) is 9.59 Å². The SMILES string of the molecule is O=C(Cc1ccccc1)OC(=O)c1ccc2ccccc2c1. The van der Waals surface area contributed by atoms with Crippen LogP contribution in [0.2, 0.25) is 0 Å². The summed E-state index contributed by atoms with van der Waals surface area (Å²) in [5.41, 5.74) is 1.19. The van der Waals surface area contributed by atoms with Gasteiger partial charge in [0.2, 0.25) is 0 Å². The van der Waals surface area contributed by atoms with E-state index >= 15 is 0 Å². The summed E-state index contributed by atoms with van der Waals surface area (Å²) in [6.45, 7) is 0. The molecule has 3 aromatic rings. The van der Waals surface area contributed by atoms with Crippen LogP contribution in [0.15, 0.2) is 72.8 Å². The molecule has 0 saturated heterocycles. The number of ether oxygens (including phenoxy) is 1. The molecule has 3 rings (SSSR count). The minimum absolute atomic E-state index is 0.0835. The van der Waals surface area contributed by atoms with Gasteiger partial charge in [0.25, 0.3) is 0 Å². The molecule has 0 bridgehead atoms. The summed E-state index contributed by atoms with van der Waals surface area (Å²) < 4.78 is 4.91. The predicted molar refractivity (Wildman–Crippen MR) is 84.5 cm³/mol. The van der Waals surface area contributed by atoms with Crippen molar-refractivity contribution >= 4 is 22.7 Å². The van der Waals surface area contributed by atoms with Crippen molar-refractivity contribution in [2.75, 3.05) is 0 Å². The number of esters is 2. The third-order valence-electron chi connectivity index (χ3n) is 3.38. The standard InChI is InChI=1S/C19H14O3/c20-18(12-14-6-2-1-3-7-14)22-19(21)17-11-10-15-8-4-5-9-16(15)13-17/h1-11,13H,12H2. The lowest BCUT2D eigenvalue weighted by atomic mass is 10.1. The number of carbonyl (C=O) groups is 2. The van der Waals surface area contributed by atoms with Gasteiger partial charge in [-0.15, -0.1) is 0 Å². The monoisotopic (exact) mass is 290 g/mol. The van der Waals surface area contributed by atoms with Gasteiger partial charge in [0.1, 0.15) is 0 Å². The first-order valence-corrected chi connectivity index (χ1v) is 7.00. The van der Waals surface area contributed by atoms with Crippen molar-refractivity contribution in [2.24, 2.45) is 0 Å². The minimum atomic E-state index is -0.619. The molecule has 0 atom stereocenters. The highest BCUT2D eigenvalue weighted by atomic mass is 16.6. The van der Waals surface area contributed by atoms with E-state index in [0.29, 0.717) is 5.56 Å². The molecule has 22 heavy (non-hydrogen) atoms. The second-order valence-corrected chi connectivity index (χ2v) is 4.99. The van der Waals surface area contributed by atoms with E-state index < -0.39 is 11.9 Å². The molecule has 0 aliphatic rings. The van der Waals surface area contributed by atoms with Crippen LogP contribution in [-0.4, -0.2) is 11.9 Å². The highest BCUT2D eigenvalue weighted by Crippen LogP contribution is 2.16. The minimum Gasteiger partial charge on any atom is -0.389 e. The Labute approximate surface area is 128 Å². The lowest BCUT2D eigenvalue weighted by molar-refractivity contribution is -0.137. The Hall–Kier alpha value is -2.94. The summed E-state index contributed by atoms with van der Waals surface area (Å²) in [5.74, 6) is -1.17. The molecule has 3 heteroatoms. The molecule has 0 saturated carbocycles. The quantitative estimate of drug-likeness (QED) is 0.545. The molecule has 0 spiro atoms. The summed E-state index contributed by atoms with van der Waals surface area (Å²) in [5, 5.41) is 1.97. The van der Waals surface area contributed by atoms with Gasteiger partial charge in [0.05, 0.1) is 12.0 Å². The first-order valence-electron chi connectivity index (χ1n) is 7.00. The van der Waals surface area contributed by atoms with Gasteiger partial charge >= 0.3 is 11.9 Å². The Kier molecular flexibility index (Phi) is 3.97. The molecule has 3 aromatic carbocycles. The Balaban J connectivity index is 1.71. The number of carbonyl (C=O) groups excluding carboxylic acids is 2. The zero-order valence-corrected chi connectivity index (χ0v) is 11.9. The molecule has 0 unspecified atom stereocenters. The number of rotatable bonds is 3. The van der Waals surface area contributed by atoms with Crippen molar-refractivity contribution in [1.29, 1.82) is 0 Å². The van der Waals surface area contributed by atoms with Crippen LogP contribution in [0.1, 0.15) is 15.9 Å². The van der Waals surface area contributed by atoms with Crippen molar-refractivity contribution in [2.45, 2.75) is 6.42 Å². The van der Waals surface area contributed by atoms with Crippen LogP contribution in [0.4, 0.5) is 0 Å². The molecule has 0 radical (unpaired) electrons. The lowest BCUT2D eigenvalue weighted by Crippen LogP contribution is -2.14. The average molecular weight is 290 g/mol. The van der Waals surface area contributed by atoms with E-state index in [1.807, 2.05) is 60.7 Å². The maximum Gasteiger partial charge on any atom is 0.345 e. The first kappa shape index (κ1) is 14.0. The van der Waals surface area contributed by atoms with E-state index in [1.165, 1.54) is 0 Å². The Morgan fingerprint density at radius 1 is 0.773 bits per heavy atom. The summed E-state index contributed by atoms with van der Waals surface area (Å²) >= 11 is 0. The number of hydrogen-bond donors (Lipinski definition) is 0. The third-order valence-corrected chi connectivity index (χ3v) is 3.38. The molecule has 0 aromatic heterocycles. The fraction of sp³-hybridized carbons (Fsp3) is 0.0526. The second kappa shape index (κ2) is 6.22. The largest absolute Gasteiger partial charge is 0.389 e. The maximum absolute atomic E-state index is 12.0. The fourth-order valence-electron chi connectivity index (χ4n) is 2.28. The number of hydrogen-bond acceptors (Lipinski definition) is 3. The molecule has 0 aliphatic carbocycles. The van der Waals surface area contributed by atoms with Gasteiger partial charge in [0, 0.05) is 0 Å². The molecule has 0 N–H and O–H groups in total. The van der Waals surface area contributed by atoms with Crippen LogP contribution >= 0.6 is 0 Å². The van der Waals surface area contributed by atoms with Crippen LogP contribution in [0, 0.1) is 0 Å². The Bertz CT molecular complexity index is 822. The summed E-state index contributed by atoms with van der Waals surface area (Å²) in [7, 11) is 0. The van der Waals surface area contributed by atoms with Crippen LogP contribution in [-0.2, 0) is 16.0 Å². The van der Waals surface area contributed by atoms with Gasteiger partial charge in [-0.1, -0.05) is 60.7 Å². The summed E-state index contributed by atoms with van der Waals surface area (Å²) in [4.78, 5) is 23.9. The van der Waals surface area contributed by atoms with E-state index in [4.69, 9.17) is 4.74 Å². The zero-order valence-electron chi connectivity index (χ0n) is 11.9. The molecule has 0 heterocycles. The highest BCUT2D eigenvalue weighted by Gasteiger charge is 2.13. The average Bonchev–Trinajstić information content (AvgIpc) is 2.55. The number of fused-ring (bicyclic) bond motifs is 1. The zero-order chi connectivity index (χ0) is 15.4. The van der Waals surface area contributed by atoms with Crippen molar-refractivity contribution in [1.82, 2.24) is 0 Å². The van der Waals surface area contributed by atoms with Gasteiger partial charge in [-0.25, -0.2) is 4.79 Å². The lowest BCUT2D eigenvalue weighted by Gasteiger charge is -2.05. The van der Waals surface area contributed by atoms with E-state index in [2.05, 4.69) is 0 Å². The van der Waals surface area contributed by atoms with Crippen LogP contribution in [0.25, 0.3) is 10.8 Å². The van der Waals surface area contributed by atoms with Gasteiger partial charge in [-0.05, 0) is 28.5 Å². The van der Waals surface area contributed by atoms with Crippen molar-refractivity contribution in [3.63, 3.8) is 0 Å². The Morgan fingerprint density at radius 2 is 1.45 bits per heavy atom. The van der Waals surface area contributed by atoms with E-state index in [1.54, 1.807) is 12.1 Å². The van der Waals surface area contributed by atoms with Crippen molar-refractivity contribution in [3.05, 3.63) is 83.9 Å². The summed E-state index contributed by atoms with van der Waals surface area (Å²) in [6.07, 6.45) is 0.0835. The van der Waals surface area contributed by atoms with Crippen LogP contribution in [0.5, 0.6) is 0 Å². The molecular weight excluding hydrogens is 276 g/mol. The predicted octanol–water partition coefficient (Wildman–Crippen LogP) is 3.77. The summed E-state index contributed by atoms with van der Waals surface area (Å²) in [6, 6.07) is 22.1. The third kappa shape index (κ3) is 3.20. The molecular formula is C19H14O3. The molecule has 0 aliphatic heterocycles. The van der Waals surface area contributed by atoms with Crippen molar-refractivity contribution < 1.29 is 14.3 Å². The van der Waals surface area contributed by atoms with Crippen LogP contribution < -0.4 is 0 Å². The fourth-order valence-corrected chi connectivity index (χ4v) is 2.28. The van der Waals surface area contributed by atoms with Gasteiger partial charge < -0.3 is 4.74 Å². The van der Waals surface area contributed by atoms with E-state index in [-0.39, 0.29) is 6.42 Å².